The van der Waals surface area contributed by atoms with E-state index in [9.17, 15) is 55.1 Å². The first kappa shape index (κ1) is 89.0. The number of halogens is 8. The molecule has 109 heavy (non-hydrogen) atoms. The topological polar surface area (TPSA) is 279 Å². The minimum atomic E-state index is -5.22. The van der Waals surface area contributed by atoms with Crippen molar-refractivity contribution >= 4 is 70.9 Å². The number of ether oxygens (including phenoxy) is 1. The van der Waals surface area contributed by atoms with Crippen molar-refractivity contribution in [2.24, 2.45) is 41.4 Å². The number of carbonyl (C=O) groups excluding carboxylic acids is 12. The highest BCUT2D eigenvalue weighted by molar-refractivity contribution is 6.01. The zero-order valence-corrected chi connectivity index (χ0v) is 66.1. The molecule has 0 aromatic rings. The lowest BCUT2D eigenvalue weighted by atomic mass is 9.74. The highest BCUT2D eigenvalue weighted by Gasteiger charge is 2.56. The van der Waals surface area contributed by atoms with E-state index in [1.165, 1.54) is 71.1 Å². The summed E-state index contributed by atoms with van der Waals surface area (Å²) in [7, 11) is 10.9. The van der Waals surface area contributed by atoms with Crippen LogP contribution in [0.15, 0.2) is 11.1 Å². The van der Waals surface area contributed by atoms with Crippen molar-refractivity contribution in [3.05, 3.63) is 11.1 Å². The molecule has 1 spiro atoms. The van der Waals surface area contributed by atoms with Crippen LogP contribution in [0.25, 0.3) is 0 Å². The summed E-state index contributed by atoms with van der Waals surface area (Å²) in [5.74, 6) is -17.1. The van der Waals surface area contributed by atoms with Gasteiger partial charge in [0.05, 0.1) is 31.5 Å². The first-order valence-electron chi connectivity index (χ1n) is 38.8. The molecule has 2 saturated heterocycles. The van der Waals surface area contributed by atoms with E-state index < -0.39 is 230 Å². The summed E-state index contributed by atoms with van der Waals surface area (Å²) in [6.07, 6.45) is -16.8. The maximum Gasteiger partial charge on any atom is 0.397 e. The molecule has 4 aliphatic carbocycles. The molecular formula is C76H118F8N12O13. The van der Waals surface area contributed by atoms with Crippen molar-refractivity contribution in [2.75, 3.05) is 89.2 Å². The van der Waals surface area contributed by atoms with Gasteiger partial charge in [-0.15, -0.1) is 0 Å². The number of nitrogens with zero attached hydrogens (tertiary/aromatic N) is 9. The van der Waals surface area contributed by atoms with E-state index in [-0.39, 0.29) is 96.2 Å². The third kappa shape index (κ3) is 21.3. The number of amides is 12. The lowest BCUT2D eigenvalue weighted by molar-refractivity contribution is -0.219. The number of hydrogen-bond acceptors (Lipinski definition) is 13. The van der Waals surface area contributed by atoms with Gasteiger partial charge in [0, 0.05) is 82.5 Å². The van der Waals surface area contributed by atoms with Crippen molar-refractivity contribution < 1.29 is 97.4 Å². The molecule has 2 bridgehead atoms. The third-order valence-corrected chi connectivity index (χ3v) is 24.5. The largest absolute Gasteiger partial charge is 0.397 e. The number of hydrogen-bond donors (Lipinski definition) is 3. The minimum absolute atomic E-state index is 0.0111. The molecule has 33 heteroatoms. The Bertz CT molecular complexity index is 3310. The van der Waals surface area contributed by atoms with Crippen LogP contribution < -0.4 is 16.0 Å². The molecule has 25 nitrogen and oxygen atoms in total. The number of nitrogens with one attached hydrogen (secondary N) is 3. The van der Waals surface area contributed by atoms with Gasteiger partial charge in [-0.1, -0.05) is 58.1 Å². The number of alkyl halides is 8. The summed E-state index contributed by atoms with van der Waals surface area (Å²) in [5, 5.41) is 8.42. The smallest absolute Gasteiger partial charge is 0.377 e. The van der Waals surface area contributed by atoms with Crippen LogP contribution in [0.3, 0.4) is 0 Å². The van der Waals surface area contributed by atoms with E-state index in [0.717, 1.165) is 29.4 Å². The zero-order valence-electron chi connectivity index (χ0n) is 66.1. The Morgan fingerprint density at radius 3 is 1.75 bits per heavy atom. The van der Waals surface area contributed by atoms with Gasteiger partial charge in [0.25, 0.3) is 0 Å². The molecule has 7 aliphatic rings. The zero-order chi connectivity index (χ0) is 81.4. The summed E-state index contributed by atoms with van der Waals surface area (Å²) in [6.45, 7) is 10.2. The van der Waals surface area contributed by atoms with Crippen LogP contribution in [0, 0.1) is 41.4 Å². The highest BCUT2D eigenvalue weighted by atomic mass is 19.4. The van der Waals surface area contributed by atoms with Crippen LogP contribution in [-0.4, -0.2) is 289 Å². The van der Waals surface area contributed by atoms with E-state index in [1.807, 2.05) is 13.8 Å². The Kier molecular flexibility index (Phi) is 30.5. The molecular weight excluding hydrogens is 1440 g/mol. The number of carbonyl (C=O) groups is 12. The second-order valence-corrected chi connectivity index (χ2v) is 32.9. The Morgan fingerprint density at radius 1 is 0.606 bits per heavy atom. The number of fused-ring (bicyclic) bond motifs is 3. The second-order valence-electron chi connectivity index (χ2n) is 32.9. The van der Waals surface area contributed by atoms with E-state index in [4.69, 9.17) is 4.74 Å². The Hall–Kier alpha value is -7.22. The summed E-state index contributed by atoms with van der Waals surface area (Å²) in [5.41, 5.74) is -0.480. The normalized spacial score (nSPS) is 31.6. The standard InChI is InChI=1S/C76H118F8N12O13/c1-16-43(5)63-71(106)90(11)41-61(99)92(13)56-32-44(6)45(7)38-95(70(56)105)58(35-46-23-26-49(27-24-46)75(79,80)81)69(104)89(10)40-59(97)85-53(28-25-47-33-51(77)62(52(78)34-47)76(82,83)84)67(102)96-39-50(109-17-2)36-55(96)66(101)87-74(29-20-30-74)73(108)94(15)64(48-21-18-19-22-48)72(107)93(14)57(68(103)88(8)9)37-60(98)91(12)54(31-42(3)4)65(100)86-63/h42-43,46-58,62-64H,16-41H2,1-15H3,(H,85,97)(H,86,100)(H,87,101)/t43-,46?,47?,49?,50+,51?,52?,53-,54-,55-,56-,57-,58-,62?,63-,64-/m0/s1. The molecule has 2 unspecified atom stereocenters. The van der Waals surface area contributed by atoms with Gasteiger partial charge in [-0.2, -0.15) is 26.3 Å². The predicted molar refractivity (Wildman–Crippen MR) is 386 cm³/mol. The average Bonchev–Trinajstić information content (AvgIpc) is 1.74. The fourth-order valence-corrected chi connectivity index (χ4v) is 17.2. The summed E-state index contributed by atoms with van der Waals surface area (Å²) < 4.78 is 121. The molecule has 3 aliphatic heterocycles. The highest BCUT2D eigenvalue weighted by Crippen LogP contribution is 2.46. The predicted octanol–water partition coefficient (Wildman–Crippen LogP) is 6.74. The summed E-state index contributed by atoms with van der Waals surface area (Å²) in [6, 6.07) is -11.4. The van der Waals surface area contributed by atoms with Crippen molar-refractivity contribution in [3.8, 4) is 0 Å². The Morgan fingerprint density at radius 2 is 1.21 bits per heavy atom. The molecule has 3 heterocycles. The van der Waals surface area contributed by atoms with Crippen molar-refractivity contribution in [1.29, 1.82) is 0 Å². The molecule has 7 rings (SSSR count). The monoisotopic (exact) mass is 1560 g/mol. The maximum absolute atomic E-state index is 15.5. The fourth-order valence-electron chi connectivity index (χ4n) is 17.2. The van der Waals surface area contributed by atoms with Crippen LogP contribution in [0.2, 0.25) is 0 Å². The van der Waals surface area contributed by atoms with Crippen molar-refractivity contribution in [1.82, 2.24) is 60.0 Å². The minimum Gasteiger partial charge on any atom is -0.377 e. The van der Waals surface area contributed by atoms with Crippen LogP contribution in [0.1, 0.15) is 183 Å². The fraction of sp³-hybridized carbons (Fsp3) is 0.816. The van der Waals surface area contributed by atoms with Gasteiger partial charge in [0.2, 0.25) is 70.9 Å². The van der Waals surface area contributed by atoms with Gasteiger partial charge in [0.15, 0.2) is 0 Å². The first-order valence-corrected chi connectivity index (χ1v) is 38.8. The van der Waals surface area contributed by atoms with Crippen LogP contribution in [0.4, 0.5) is 35.1 Å². The van der Waals surface area contributed by atoms with Crippen LogP contribution in [0.5, 0.6) is 0 Å². The maximum atomic E-state index is 15.5. The van der Waals surface area contributed by atoms with E-state index in [1.54, 1.807) is 34.6 Å². The number of rotatable bonds is 13. The molecule has 3 N–H and O–H groups in total. The van der Waals surface area contributed by atoms with Gasteiger partial charge in [-0.05, 0) is 153 Å². The summed E-state index contributed by atoms with van der Waals surface area (Å²) in [4.78, 5) is 192. The molecule has 0 radical (unpaired) electrons. The molecule has 0 aromatic carbocycles. The van der Waals surface area contributed by atoms with Gasteiger partial charge in [-0.25, -0.2) is 8.78 Å². The van der Waals surface area contributed by atoms with Crippen molar-refractivity contribution in [3.63, 3.8) is 0 Å². The van der Waals surface area contributed by atoms with Crippen molar-refractivity contribution in [2.45, 2.75) is 268 Å². The van der Waals surface area contributed by atoms with Crippen LogP contribution >= 0.6 is 0 Å². The third-order valence-electron chi connectivity index (χ3n) is 24.5. The average molecular weight is 1560 g/mol. The van der Waals surface area contributed by atoms with Gasteiger partial charge >= 0.3 is 12.4 Å². The summed E-state index contributed by atoms with van der Waals surface area (Å²) >= 11 is 0. The van der Waals surface area contributed by atoms with E-state index in [2.05, 4.69) is 16.0 Å². The Balaban J connectivity index is 1.34. The van der Waals surface area contributed by atoms with E-state index in [0.29, 0.717) is 49.7 Å². The quantitative estimate of drug-likeness (QED) is 0.127. The Labute approximate surface area is 635 Å². The molecule has 12 atom stereocenters. The second kappa shape index (κ2) is 37.4. The van der Waals surface area contributed by atoms with Crippen LogP contribution in [-0.2, 0) is 62.3 Å². The SMILES string of the molecule is CCO[C@@H]1C[C@H]2C(=O)NC3(CCC3)C(=O)N(C)[C@@H](C3CCCC3)C(=O)N(C)[C@H](C(=O)N(C)C)CC(=O)N(C)[C@@H](CC(C)C)C(=O)N[C@@H]([C@@H](C)CC)C(=O)N(C)CC(=O)N(C)[C@H]3CC(C)=C(C)CN(C3=O)[C@@H](CC3CCC(C(F)(F)F)CC3)C(=O)N(C)CC(=O)N[C@@H](CCC3CC(F)C(C(F)(F)F)C(F)C3)C(=O)N2C1. The molecule has 4 saturated carbocycles. The molecule has 0 aromatic heterocycles. The number of likely N-dealkylation sites (N-methyl/N-ethyl adjacent to an activating group) is 7. The van der Waals surface area contributed by atoms with Gasteiger partial charge in [-0.3, -0.25) is 57.5 Å². The van der Waals surface area contributed by atoms with Gasteiger partial charge in [0.1, 0.15) is 72.1 Å². The molecule has 616 valence electrons. The lowest BCUT2D eigenvalue weighted by Crippen LogP contribution is -2.68. The first-order chi connectivity index (χ1) is 50.9. The van der Waals surface area contributed by atoms with E-state index >= 15 is 37.5 Å². The van der Waals surface area contributed by atoms with Gasteiger partial charge < -0.3 is 64.8 Å². The molecule has 6 fully saturated rings. The molecule has 12 amide bonds. The lowest BCUT2D eigenvalue weighted by Gasteiger charge is -2.46.